The number of carbonyl (C=O) groups excluding carboxylic acids is 1. The fourth-order valence-electron chi connectivity index (χ4n) is 4.65. The summed E-state index contributed by atoms with van der Waals surface area (Å²) >= 11 is 0. The van der Waals surface area contributed by atoms with E-state index in [2.05, 4.69) is 37.3 Å². The van der Waals surface area contributed by atoms with E-state index in [9.17, 15) is 9.90 Å². The Morgan fingerprint density at radius 3 is 2.72 bits per heavy atom. The van der Waals surface area contributed by atoms with Gasteiger partial charge in [0.25, 0.3) is 0 Å². The molecular weight excluding hydrogens is 433 g/mol. The first-order chi connectivity index (χ1) is 13.7. The second kappa shape index (κ2) is 12.8. The fourth-order valence-corrected chi connectivity index (χ4v) is 4.65. The number of hydrogen-bond donors (Lipinski definition) is 1. The zero-order valence-electron chi connectivity index (χ0n) is 17.6. The molecule has 3 rings (SSSR count). The van der Waals surface area contributed by atoms with Crippen LogP contribution in [0.25, 0.3) is 0 Å². The van der Waals surface area contributed by atoms with Gasteiger partial charge in [-0.3, -0.25) is 4.79 Å². The molecule has 1 fully saturated rings. The van der Waals surface area contributed by atoms with Crippen LogP contribution in [-0.4, -0.2) is 10.9 Å². The molecule has 3 unspecified atom stereocenters. The van der Waals surface area contributed by atoms with E-state index in [-0.39, 0.29) is 44.5 Å². The summed E-state index contributed by atoms with van der Waals surface area (Å²) in [5.41, 5.74) is 3.53. The molecule has 0 heterocycles. The molecule has 1 N–H and O–H groups in total. The standard InChI is InChI=1S/C26H33O2.Y/c1-2-3-5-17-25(27)23-15-9-8-14-21(23)22-18-19-26(28)24(22)16-10-13-20-11-6-4-7-12-20;/h4,6,8-9,11-12,14-15,22,24-25,27H,2-3,5,10,13,16-19H2,1H3;/q-1;. The van der Waals surface area contributed by atoms with Gasteiger partial charge in [-0.1, -0.05) is 63.3 Å². The minimum absolute atomic E-state index is 0. The van der Waals surface area contributed by atoms with Crippen molar-refractivity contribution in [3.05, 3.63) is 71.3 Å². The quantitative estimate of drug-likeness (QED) is 0.335. The van der Waals surface area contributed by atoms with E-state index < -0.39 is 6.10 Å². The Kier molecular flexibility index (Phi) is 10.8. The van der Waals surface area contributed by atoms with Crippen LogP contribution in [0.15, 0.2) is 48.5 Å². The molecule has 0 saturated heterocycles. The molecule has 0 aliphatic heterocycles. The van der Waals surface area contributed by atoms with Crippen molar-refractivity contribution < 1.29 is 42.6 Å². The third-order valence-corrected chi connectivity index (χ3v) is 6.19. The van der Waals surface area contributed by atoms with Crippen molar-refractivity contribution in [3.8, 4) is 0 Å². The Balaban J connectivity index is 0.00000300. The van der Waals surface area contributed by atoms with Gasteiger partial charge in [0.15, 0.2) is 0 Å². The second-order valence-electron chi connectivity index (χ2n) is 8.16. The fraction of sp³-hybridized carbons (Fsp3) is 0.500. The number of hydrogen-bond acceptors (Lipinski definition) is 2. The van der Waals surface area contributed by atoms with Crippen LogP contribution in [-0.2, 0) is 43.9 Å². The molecule has 3 heteroatoms. The van der Waals surface area contributed by atoms with Crippen LogP contribution in [0.1, 0.15) is 87.0 Å². The van der Waals surface area contributed by atoms with Gasteiger partial charge in [0, 0.05) is 45.0 Å². The van der Waals surface area contributed by atoms with Crippen LogP contribution in [0.2, 0.25) is 0 Å². The number of rotatable bonds is 10. The average Bonchev–Trinajstić information content (AvgIpc) is 3.09. The van der Waals surface area contributed by atoms with Crippen molar-refractivity contribution >= 4 is 5.78 Å². The molecule has 0 spiro atoms. The summed E-state index contributed by atoms with van der Waals surface area (Å²) in [5, 5.41) is 10.8. The summed E-state index contributed by atoms with van der Waals surface area (Å²) in [7, 11) is 0. The SMILES string of the molecule is CCCCCC(O)c1ccccc1C1CCC(=O)C1CCCc1c[c-]ccc1.[Y]. The summed E-state index contributed by atoms with van der Waals surface area (Å²) in [6, 6.07) is 19.5. The summed E-state index contributed by atoms with van der Waals surface area (Å²) in [6.07, 6.45) is 8.29. The van der Waals surface area contributed by atoms with Crippen molar-refractivity contribution in [1.82, 2.24) is 0 Å². The van der Waals surface area contributed by atoms with Gasteiger partial charge in [-0.15, -0.1) is 0 Å². The molecule has 2 nitrogen and oxygen atoms in total. The molecule has 0 bridgehead atoms. The van der Waals surface area contributed by atoms with E-state index in [1.54, 1.807) is 0 Å². The van der Waals surface area contributed by atoms with E-state index in [1.807, 2.05) is 24.3 Å². The van der Waals surface area contributed by atoms with E-state index in [1.165, 1.54) is 11.1 Å². The number of unbranched alkanes of at least 4 members (excludes halogenated alkanes) is 2. The predicted octanol–water partition coefficient (Wildman–Crippen LogP) is 6.18. The van der Waals surface area contributed by atoms with Crippen LogP contribution in [0.4, 0.5) is 0 Å². The van der Waals surface area contributed by atoms with Crippen molar-refractivity contribution in [2.45, 2.75) is 76.7 Å². The van der Waals surface area contributed by atoms with E-state index >= 15 is 0 Å². The largest absolute Gasteiger partial charge is 0.388 e. The first kappa shape index (κ1) is 24.4. The number of benzene rings is 2. The number of aliphatic hydroxyl groups excluding tert-OH is 1. The Labute approximate surface area is 201 Å². The van der Waals surface area contributed by atoms with E-state index in [4.69, 9.17) is 0 Å². The van der Waals surface area contributed by atoms with Gasteiger partial charge in [0.1, 0.15) is 5.78 Å². The van der Waals surface area contributed by atoms with Crippen LogP contribution in [0, 0.1) is 12.0 Å². The summed E-state index contributed by atoms with van der Waals surface area (Å²) < 4.78 is 0. The zero-order chi connectivity index (χ0) is 19.8. The molecule has 0 aromatic heterocycles. The Morgan fingerprint density at radius 1 is 1.14 bits per heavy atom. The Bertz CT molecular complexity index is 743. The van der Waals surface area contributed by atoms with Gasteiger partial charge in [0.05, 0.1) is 6.10 Å². The molecule has 2 aromatic carbocycles. The third kappa shape index (κ3) is 6.84. The number of ketones is 1. The van der Waals surface area contributed by atoms with Crippen LogP contribution < -0.4 is 0 Å². The number of Topliss-reactive ketones (excluding diaryl/α,β-unsaturated/α-hetero) is 1. The number of aliphatic hydroxyl groups is 1. The molecule has 0 amide bonds. The van der Waals surface area contributed by atoms with Gasteiger partial charge < -0.3 is 5.11 Å². The summed E-state index contributed by atoms with van der Waals surface area (Å²) in [6.45, 7) is 2.18. The molecule has 1 radical (unpaired) electrons. The van der Waals surface area contributed by atoms with Crippen LogP contribution >= 0.6 is 0 Å². The molecule has 29 heavy (non-hydrogen) atoms. The van der Waals surface area contributed by atoms with Gasteiger partial charge >= 0.3 is 0 Å². The van der Waals surface area contributed by atoms with Gasteiger partial charge in [0.2, 0.25) is 0 Å². The van der Waals surface area contributed by atoms with Gasteiger partial charge in [-0.2, -0.15) is 35.9 Å². The Hall–Kier alpha value is -0.826. The maximum atomic E-state index is 12.6. The molecule has 3 atom stereocenters. The van der Waals surface area contributed by atoms with E-state index in [0.29, 0.717) is 12.2 Å². The molecule has 2 aromatic rings. The zero-order valence-corrected chi connectivity index (χ0v) is 20.5. The summed E-state index contributed by atoms with van der Waals surface area (Å²) in [5.74, 6) is 0.753. The first-order valence-electron chi connectivity index (χ1n) is 10.9. The second-order valence-corrected chi connectivity index (χ2v) is 8.16. The molecule has 1 saturated carbocycles. The molecular formula is C26H33O2Y-. The van der Waals surface area contributed by atoms with Crippen molar-refractivity contribution in [3.63, 3.8) is 0 Å². The van der Waals surface area contributed by atoms with Crippen molar-refractivity contribution in [2.24, 2.45) is 5.92 Å². The minimum Gasteiger partial charge on any atom is -0.388 e. The predicted molar refractivity (Wildman–Crippen MR) is 114 cm³/mol. The Morgan fingerprint density at radius 2 is 1.97 bits per heavy atom. The maximum Gasteiger partial charge on any atom is 0.136 e. The molecule has 1 aliphatic carbocycles. The van der Waals surface area contributed by atoms with Gasteiger partial charge in [-0.25, -0.2) is 0 Å². The van der Waals surface area contributed by atoms with Crippen LogP contribution in [0.5, 0.6) is 0 Å². The number of carbonyl (C=O) groups is 1. The van der Waals surface area contributed by atoms with Crippen LogP contribution in [0.3, 0.4) is 0 Å². The first-order valence-corrected chi connectivity index (χ1v) is 10.9. The van der Waals surface area contributed by atoms with Gasteiger partial charge in [-0.05, 0) is 36.3 Å². The average molecular weight is 466 g/mol. The molecule has 153 valence electrons. The number of aryl methyl sites for hydroxylation is 1. The topological polar surface area (TPSA) is 37.3 Å². The smallest absolute Gasteiger partial charge is 0.136 e. The third-order valence-electron chi connectivity index (χ3n) is 6.19. The monoisotopic (exact) mass is 466 g/mol. The summed E-state index contributed by atoms with van der Waals surface area (Å²) in [4.78, 5) is 12.6. The normalized spacial score (nSPS) is 19.7. The van der Waals surface area contributed by atoms with E-state index in [0.717, 1.165) is 56.9 Å². The molecule has 1 aliphatic rings. The van der Waals surface area contributed by atoms with Crippen molar-refractivity contribution in [2.75, 3.05) is 0 Å². The maximum absolute atomic E-state index is 12.6. The van der Waals surface area contributed by atoms with Crippen molar-refractivity contribution in [1.29, 1.82) is 0 Å². The minimum atomic E-state index is -0.418.